The maximum Gasteiger partial charge on any atom is 0.270 e. The second-order valence-electron chi connectivity index (χ2n) is 6.24. The van der Waals surface area contributed by atoms with Crippen molar-refractivity contribution in [1.82, 2.24) is 5.32 Å². The Balaban J connectivity index is 1.59. The number of carbonyl (C=O) groups is 1. The predicted molar refractivity (Wildman–Crippen MR) is 106 cm³/mol. The predicted octanol–water partition coefficient (Wildman–Crippen LogP) is 4.24. The normalized spacial score (nSPS) is 10.4. The lowest BCUT2D eigenvalue weighted by molar-refractivity contribution is -0.384. The highest BCUT2D eigenvalue weighted by Crippen LogP contribution is 2.15. The van der Waals surface area contributed by atoms with E-state index in [0.717, 1.165) is 16.7 Å². The molecule has 0 spiro atoms. The molecule has 0 aliphatic carbocycles. The number of ether oxygens (including phenoxy) is 1. The lowest BCUT2D eigenvalue weighted by Gasteiger charge is -2.11. The van der Waals surface area contributed by atoms with Crippen molar-refractivity contribution >= 4 is 11.6 Å². The van der Waals surface area contributed by atoms with Gasteiger partial charge in [-0.25, -0.2) is 0 Å². The molecule has 0 fully saturated rings. The zero-order valence-corrected chi connectivity index (χ0v) is 15.2. The van der Waals surface area contributed by atoms with E-state index in [2.05, 4.69) is 5.32 Å². The van der Waals surface area contributed by atoms with E-state index in [4.69, 9.17) is 4.74 Å². The molecule has 0 atom stereocenters. The van der Waals surface area contributed by atoms with Gasteiger partial charge >= 0.3 is 0 Å². The van der Waals surface area contributed by atoms with Gasteiger partial charge in [0.25, 0.3) is 11.6 Å². The molecule has 3 aromatic rings. The molecule has 0 saturated heterocycles. The number of nitro groups is 1. The van der Waals surface area contributed by atoms with Gasteiger partial charge in [0.1, 0.15) is 0 Å². The van der Waals surface area contributed by atoms with Crippen molar-refractivity contribution in [2.75, 3.05) is 0 Å². The van der Waals surface area contributed by atoms with Gasteiger partial charge in [-0.2, -0.15) is 0 Å². The second kappa shape index (κ2) is 9.43. The van der Waals surface area contributed by atoms with Gasteiger partial charge in [-0.3, -0.25) is 14.9 Å². The quantitative estimate of drug-likeness (QED) is 0.471. The van der Waals surface area contributed by atoms with Crippen LogP contribution in [0.25, 0.3) is 0 Å². The van der Waals surface area contributed by atoms with Crippen LogP contribution in [0.4, 0.5) is 5.69 Å². The first-order chi connectivity index (χ1) is 13.6. The van der Waals surface area contributed by atoms with Crippen LogP contribution in [0.1, 0.15) is 27.0 Å². The molecule has 142 valence electrons. The summed E-state index contributed by atoms with van der Waals surface area (Å²) in [5.74, 6) is -0.358. The topological polar surface area (TPSA) is 81.5 Å². The Kier molecular flexibility index (Phi) is 6.49. The molecule has 0 radical (unpaired) electrons. The van der Waals surface area contributed by atoms with Crippen molar-refractivity contribution in [1.29, 1.82) is 0 Å². The van der Waals surface area contributed by atoms with Crippen LogP contribution in [0, 0.1) is 10.1 Å². The van der Waals surface area contributed by atoms with E-state index in [1.165, 1.54) is 18.2 Å². The van der Waals surface area contributed by atoms with Crippen LogP contribution >= 0.6 is 0 Å². The molecule has 28 heavy (non-hydrogen) atoms. The molecule has 3 aromatic carbocycles. The Morgan fingerprint density at radius 3 is 2.36 bits per heavy atom. The standard InChI is InChI=1S/C22H20N2O4/c25-22(18-11-6-12-21(13-18)24(26)27)23-14-19-9-4-5-10-20(19)16-28-15-17-7-2-1-3-8-17/h1-13H,14-16H2,(H,23,25). The summed E-state index contributed by atoms with van der Waals surface area (Å²) in [6.07, 6.45) is 0. The number of hydrogen-bond donors (Lipinski definition) is 1. The molecule has 6 heteroatoms. The van der Waals surface area contributed by atoms with Crippen molar-refractivity contribution in [2.24, 2.45) is 0 Å². The number of hydrogen-bond acceptors (Lipinski definition) is 4. The number of benzene rings is 3. The van der Waals surface area contributed by atoms with E-state index in [1.54, 1.807) is 6.07 Å². The molecule has 1 N–H and O–H groups in total. The minimum Gasteiger partial charge on any atom is -0.372 e. The third kappa shape index (κ3) is 5.25. The van der Waals surface area contributed by atoms with Crippen LogP contribution in [0.5, 0.6) is 0 Å². The van der Waals surface area contributed by atoms with Gasteiger partial charge in [0.15, 0.2) is 0 Å². The number of nitrogens with one attached hydrogen (secondary N) is 1. The van der Waals surface area contributed by atoms with Crippen LogP contribution in [0.3, 0.4) is 0 Å². The maximum atomic E-state index is 12.3. The summed E-state index contributed by atoms with van der Waals surface area (Å²) < 4.78 is 5.79. The van der Waals surface area contributed by atoms with Gasteiger partial charge in [-0.05, 0) is 22.8 Å². The van der Waals surface area contributed by atoms with Crippen molar-refractivity contribution in [2.45, 2.75) is 19.8 Å². The second-order valence-corrected chi connectivity index (χ2v) is 6.24. The molecule has 3 rings (SSSR count). The Hall–Kier alpha value is -3.51. The fourth-order valence-electron chi connectivity index (χ4n) is 2.76. The molecule has 1 amide bonds. The SMILES string of the molecule is O=C(NCc1ccccc1COCc1ccccc1)c1cccc([N+](=O)[O-])c1. The summed E-state index contributed by atoms with van der Waals surface area (Å²) in [5.41, 5.74) is 3.17. The van der Waals surface area contributed by atoms with Gasteiger partial charge < -0.3 is 10.1 Å². The number of nitrogens with zero attached hydrogens (tertiary/aromatic N) is 1. The highest BCUT2D eigenvalue weighted by atomic mass is 16.6. The van der Waals surface area contributed by atoms with Crippen molar-refractivity contribution in [3.05, 3.63) is 111 Å². The first-order valence-electron chi connectivity index (χ1n) is 8.84. The van der Waals surface area contributed by atoms with Crippen LogP contribution in [-0.4, -0.2) is 10.8 Å². The van der Waals surface area contributed by atoms with Gasteiger partial charge in [-0.1, -0.05) is 60.7 Å². The Morgan fingerprint density at radius 2 is 1.61 bits per heavy atom. The molecule has 0 unspecified atom stereocenters. The van der Waals surface area contributed by atoms with Crippen molar-refractivity contribution in [3.63, 3.8) is 0 Å². The molecule has 0 aliphatic heterocycles. The molecular weight excluding hydrogens is 356 g/mol. The lowest BCUT2D eigenvalue weighted by Crippen LogP contribution is -2.23. The monoisotopic (exact) mass is 376 g/mol. The van der Waals surface area contributed by atoms with E-state index in [-0.39, 0.29) is 17.2 Å². The summed E-state index contributed by atoms with van der Waals surface area (Å²) in [6.45, 7) is 1.25. The Labute approximate surface area is 162 Å². The van der Waals surface area contributed by atoms with Gasteiger partial charge in [0.2, 0.25) is 0 Å². The third-order valence-corrected chi connectivity index (χ3v) is 4.25. The number of non-ortho nitro benzene ring substituents is 1. The first kappa shape index (κ1) is 19.3. The highest BCUT2D eigenvalue weighted by molar-refractivity contribution is 5.94. The Bertz CT molecular complexity index is 958. The van der Waals surface area contributed by atoms with Gasteiger partial charge in [-0.15, -0.1) is 0 Å². The Morgan fingerprint density at radius 1 is 0.893 bits per heavy atom. The van der Waals surface area contributed by atoms with Gasteiger partial charge in [0.05, 0.1) is 18.1 Å². The van der Waals surface area contributed by atoms with E-state index >= 15 is 0 Å². The minimum absolute atomic E-state index is 0.109. The molecule has 0 saturated carbocycles. The molecule has 0 bridgehead atoms. The van der Waals surface area contributed by atoms with Crippen LogP contribution in [0.15, 0.2) is 78.9 Å². The van der Waals surface area contributed by atoms with E-state index in [0.29, 0.717) is 19.8 Å². The number of amides is 1. The first-order valence-corrected chi connectivity index (χ1v) is 8.84. The van der Waals surface area contributed by atoms with Crippen molar-refractivity contribution < 1.29 is 14.5 Å². The van der Waals surface area contributed by atoms with Gasteiger partial charge in [0, 0.05) is 24.2 Å². The highest BCUT2D eigenvalue weighted by Gasteiger charge is 2.12. The molecule has 6 nitrogen and oxygen atoms in total. The van der Waals surface area contributed by atoms with Crippen LogP contribution in [0.2, 0.25) is 0 Å². The maximum absolute atomic E-state index is 12.3. The van der Waals surface area contributed by atoms with E-state index < -0.39 is 4.92 Å². The molecule has 0 heterocycles. The van der Waals surface area contributed by atoms with Crippen molar-refractivity contribution in [3.8, 4) is 0 Å². The molecular formula is C22H20N2O4. The smallest absolute Gasteiger partial charge is 0.270 e. The van der Waals surface area contributed by atoms with E-state index in [1.807, 2.05) is 54.6 Å². The zero-order valence-electron chi connectivity index (χ0n) is 15.2. The number of rotatable bonds is 8. The zero-order chi connectivity index (χ0) is 19.8. The summed E-state index contributed by atoms with van der Waals surface area (Å²) in [6, 6.07) is 23.3. The molecule has 0 aromatic heterocycles. The average Bonchev–Trinajstić information content (AvgIpc) is 2.73. The summed E-state index contributed by atoms with van der Waals surface area (Å²) >= 11 is 0. The largest absolute Gasteiger partial charge is 0.372 e. The number of nitro benzene ring substituents is 1. The minimum atomic E-state index is -0.518. The summed E-state index contributed by atoms with van der Waals surface area (Å²) in [7, 11) is 0. The summed E-state index contributed by atoms with van der Waals surface area (Å²) in [4.78, 5) is 22.7. The third-order valence-electron chi connectivity index (χ3n) is 4.25. The fraction of sp³-hybridized carbons (Fsp3) is 0.136. The lowest BCUT2D eigenvalue weighted by atomic mass is 10.1. The summed E-state index contributed by atoms with van der Waals surface area (Å²) in [5, 5.41) is 13.7. The molecule has 0 aliphatic rings. The average molecular weight is 376 g/mol. The van der Waals surface area contributed by atoms with E-state index in [9.17, 15) is 14.9 Å². The number of carbonyl (C=O) groups excluding carboxylic acids is 1. The van der Waals surface area contributed by atoms with Crippen LogP contribution < -0.4 is 5.32 Å². The fourth-order valence-corrected chi connectivity index (χ4v) is 2.76. The van der Waals surface area contributed by atoms with Crippen LogP contribution in [-0.2, 0) is 24.5 Å².